The Hall–Kier alpha value is -3.15. The van der Waals surface area contributed by atoms with Crippen molar-refractivity contribution in [2.24, 2.45) is 5.92 Å². The normalized spacial score (nSPS) is 16.0. The predicted molar refractivity (Wildman–Crippen MR) is 110 cm³/mol. The monoisotopic (exact) mass is 394 g/mol. The van der Waals surface area contributed by atoms with Crippen LogP contribution in [0.2, 0.25) is 0 Å². The Morgan fingerprint density at radius 3 is 2.55 bits per heavy atom. The molecule has 6 nitrogen and oxygen atoms in total. The van der Waals surface area contributed by atoms with E-state index in [9.17, 15) is 14.4 Å². The number of nitrogens with zero attached hydrogens (tertiary/aromatic N) is 1. The number of carbonyl (C=O) groups is 3. The number of nitrogens with one attached hydrogen (secondary N) is 1. The first-order valence-corrected chi connectivity index (χ1v) is 9.71. The van der Waals surface area contributed by atoms with Crippen molar-refractivity contribution in [3.63, 3.8) is 0 Å². The number of carbonyl (C=O) groups excluding carboxylic acids is 3. The summed E-state index contributed by atoms with van der Waals surface area (Å²) < 4.78 is 5.16. The first-order valence-electron chi connectivity index (χ1n) is 9.71. The Bertz CT molecular complexity index is 938. The van der Waals surface area contributed by atoms with Crippen LogP contribution in [0.1, 0.15) is 28.7 Å². The fraction of sp³-hybridized carbons (Fsp3) is 0.348. The second kappa shape index (κ2) is 8.90. The van der Waals surface area contributed by atoms with E-state index in [1.807, 2.05) is 63.2 Å². The lowest BCUT2D eigenvalue weighted by molar-refractivity contribution is -0.152. The summed E-state index contributed by atoms with van der Waals surface area (Å²) in [4.78, 5) is 38.4. The van der Waals surface area contributed by atoms with Gasteiger partial charge in [0, 0.05) is 25.2 Å². The lowest BCUT2D eigenvalue weighted by Crippen LogP contribution is -2.31. The van der Waals surface area contributed by atoms with Crippen LogP contribution in [-0.4, -0.2) is 30.9 Å². The summed E-state index contributed by atoms with van der Waals surface area (Å²) in [6.45, 7) is 6.22. The SMILES string of the molecule is Cc1ccccc1CNC(=O)COC(=O)[C@@H]1CC(=O)N(c2cccc(C)c2C)C1. The van der Waals surface area contributed by atoms with E-state index in [2.05, 4.69) is 5.32 Å². The number of rotatable bonds is 6. The summed E-state index contributed by atoms with van der Waals surface area (Å²) in [5, 5.41) is 2.75. The maximum absolute atomic E-state index is 12.4. The molecular formula is C23H26N2O4. The second-order valence-corrected chi connectivity index (χ2v) is 7.44. The lowest BCUT2D eigenvalue weighted by Gasteiger charge is -2.20. The molecule has 1 atom stereocenters. The van der Waals surface area contributed by atoms with Crippen LogP contribution in [0.3, 0.4) is 0 Å². The van der Waals surface area contributed by atoms with E-state index < -0.39 is 11.9 Å². The highest BCUT2D eigenvalue weighted by atomic mass is 16.5. The van der Waals surface area contributed by atoms with Crippen LogP contribution < -0.4 is 10.2 Å². The molecule has 1 fully saturated rings. The highest BCUT2D eigenvalue weighted by Gasteiger charge is 2.37. The average molecular weight is 394 g/mol. The van der Waals surface area contributed by atoms with Crippen LogP contribution in [0, 0.1) is 26.7 Å². The molecule has 0 saturated carbocycles. The summed E-state index contributed by atoms with van der Waals surface area (Å²) in [6, 6.07) is 13.5. The Morgan fingerprint density at radius 1 is 1.07 bits per heavy atom. The Morgan fingerprint density at radius 2 is 1.79 bits per heavy atom. The molecule has 29 heavy (non-hydrogen) atoms. The van der Waals surface area contributed by atoms with Crippen LogP contribution in [0.25, 0.3) is 0 Å². The van der Waals surface area contributed by atoms with E-state index in [1.165, 1.54) is 0 Å². The van der Waals surface area contributed by atoms with Gasteiger partial charge in [0.25, 0.3) is 5.91 Å². The molecule has 2 aromatic rings. The molecule has 1 aliphatic heterocycles. The smallest absolute Gasteiger partial charge is 0.311 e. The van der Waals surface area contributed by atoms with E-state index >= 15 is 0 Å². The molecule has 1 aliphatic rings. The van der Waals surface area contributed by atoms with Gasteiger partial charge in [0.2, 0.25) is 5.91 Å². The van der Waals surface area contributed by atoms with E-state index in [0.717, 1.165) is 27.9 Å². The van der Waals surface area contributed by atoms with Gasteiger partial charge in [-0.05, 0) is 49.1 Å². The number of esters is 1. The Balaban J connectivity index is 1.51. The third-order valence-corrected chi connectivity index (χ3v) is 5.41. The topological polar surface area (TPSA) is 75.7 Å². The van der Waals surface area contributed by atoms with Crippen molar-refractivity contribution in [2.75, 3.05) is 18.1 Å². The van der Waals surface area contributed by atoms with Crippen molar-refractivity contribution in [1.82, 2.24) is 5.32 Å². The van der Waals surface area contributed by atoms with Crippen LogP contribution in [-0.2, 0) is 25.7 Å². The van der Waals surface area contributed by atoms with Crippen LogP contribution >= 0.6 is 0 Å². The lowest BCUT2D eigenvalue weighted by atomic mass is 10.1. The van der Waals surface area contributed by atoms with Gasteiger partial charge in [0.15, 0.2) is 6.61 Å². The van der Waals surface area contributed by atoms with Gasteiger partial charge in [0.05, 0.1) is 5.92 Å². The molecule has 0 radical (unpaired) electrons. The number of anilines is 1. The number of hydrogen-bond donors (Lipinski definition) is 1. The summed E-state index contributed by atoms with van der Waals surface area (Å²) in [6.07, 6.45) is 0.0943. The highest BCUT2D eigenvalue weighted by Crippen LogP contribution is 2.29. The van der Waals surface area contributed by atoms with Crippen molar-refractivity contribution in [1.29, 1.82) is 0 Å². The van der Waals surface area contributed by atoms with Gasteiger partial charge in [-0.15, -0.1) is 0 Å². The molecule has 6 heteroatoms. The van der Waals surface area contributed by atoms with Gasteiger partial charge in [-0.25, -0.2) is 0 Å². The number of ether oxygens (including phenoxy) is 1. The van der Waals surface area contributed by atoms with E-state index in [1.54, 1.807) is 4.90 Å². The van der Waals surface area contributed by atoms with Crippen molar-refractivity contribution < 1.29 is 19.1 Å². The minimum atomic E-state index is -0.563. The first kappa shape index (κ1) is 20.6. The maximum Gasteiger partial charge on any atom is 0.311 e. The fourth-order valence-corrected chi connectivity index (χ4v) is 3.43. The summed E-state index contributed by atoms with van der Waals surface area (Å²) in [5.41, 5.74) is 5.02. The zero-order valence-electron chi connectivity index (χ0n) is 17.0. The largest absolute Gasteiger partial charge is 0.455 e. The van der Waals surface area contributed by atoms with E-state index in [0.29, 0.717) is 6.54 Å². The first-order chi connectivity index (χ1) is 13.9. The number of hydrogen-bond acceptors (Lipinski definition) is 4. The van der Waals surface area contributed by atoms with Gasteiger partial charge in [-0.3, -0.25) is 14.4 Å². The van der Waals surface area contributed by atoms with Gasteiger partial charge >= 0.3 is 5.97 Å². The molecule has 3 rings (SSSR count). The van der Waals surface area contributed by atoms with E-state index in [-0.39, 0.29) is 31.4 Å². The molecule has 1 N–H and O–H groups in total. The quantitative estimate of drug-likeness (QED) is 0.765. The number of aryl methyl sites for hydroxylation is 2. The molecule has 1 saturated heterocycles. The van der Waals surface area contributed by atoms with Gasteiger partial charge in [-0.1, -0.05) is 36.4 Å². The molecule has 1 heterocycles. The zero-order valence-corrected chi connectivity index (χ0v) is 17.0. The number of benzene rings is 2. The zero-order chi connectivity index (χ0) is 21.0. The van der Waals surface area contributed by atoms with E-state index in [4.69, 9.17) is 4.74 Å². The Labute approximate surface area is 170 Å². The summed E-state index contributed by atoms with van der Waals surface area (Å²) in [5.74, 6) is -1.55. The van der Waals surface area contributed by atoms with Crippen LogP contribution in [0.15, 0.2) is 42.5 Å². The van der Waals surface area contributed by atoms with Crippen molar-refractivity contribution >= 4 is 23.5 Å². The van der Waals surface area contributed by atoms with Crippen LogP contribution in [0.5, 0.6) is 0 Å². The van der Waals surface area contributed by atoms with Crippen molar-refractivity contribution in [2.45, 2.75) is 33.7 Å². The van der Waals surface area contributed by atoms with Gasteiger partial charge < -0.3 is 15.0 Å². The molecular weight excluding hydrogens is 368 g/mol. The fourth-order valence-electron chi connectivity index (χ4n) is 3.43. The number of amides is 2. The molecule has 0 aromatic heterocycles. The minimum absolute atomic E-state index is 0.0943. The van der Waals surface area contributed by atoms with Crippen molar-refractivity contribution in [3.05, 3.63) is 64.7 Å². The molecule has 0 unspecified atom stereocenters. The minimum Gasteiger partial charge on any atom is -0.455 e. The summed E-state index contributed by atoms with van der Waals surface area (Å²) in [7, 11) is 0. The molecule has 2 aromatic carbocycles. The summed E-state index contributed by atoms with van der Waals surface area (Å²) >= 11 is 0. The van der Waals surface area contributed by atoms with Gasteiger partial charge in [0.1, 0.15) is 0 Å². The predicted octanol–water partition coefficient (Wildman–Crippen LogP) is 2.82. The second-order valence-electron chi connectivity index (χ2n) is 7.44. The van der Waals surface area contributed by atoms with Crippen LogP contribution in [0.4, 0.5) is 5.69 Å². The molecule has 2 amide bonds. The molecule has 0 spiro atoms. The van der Waals surface area contributed by atoms with Gasteiger partial charge in [-0.2, -0.15) is 0 Å². The Kier molecular flexibility index (Phi) is 6.32. The average Bonchev–Trinajstić information content (AvgIpc) is 3.09. The molecule has 0 bridgehead atoms. The maximum atomic E-state index is 12.4. The molecule has 0 aliphatic carbocycles. The third-order valence-electron chi connectivity index (χ3n) is 5.41. The highest BCUT2D eigenvalue weighted by molar-refractivity contribution is 6.00. The molecule has 152 valence electrons. The van der Waals surface area contributed by atoms with Crippen molar-refractivity contribution in [3.8, 4) is 0 Å². The third kappa shape index (κ3) is 4.83. The standard InChI is InChI=1S/C23H26N2O4/c1-15-8-6-10-20(17(15)3)25-13-19(11-22(25)27)23(28)29-14-21(26)24-12-18-9-5-4-7-16(18)2/h4-10,19H,11-14H2,1-3H3,(H,24,26)/t19-/m1/s1.